The maximum Gasteiger partial charge on any atom is 0.404 e. The minimum Gasteiger partial charge on any atom is -0.465 e. The first-order chi connectivity index (χ1) is 10.2. The number of benzene rings is 1. The van der Waals surface area contributed by atoms with Crippen molar-refractivity contribution in [3.05, 3.63) is 35.4 Å². The van der Waals surface area contributed by atoms with Gasteiger partial charge < -0.3 is 10.4 Å². The lowest BCUT2D eigenvalue weighted by molar-refractivity contribution is 0.0639. The fourth-order valence-corrected chi connectivity index (χ4v) is 3.23. The number of carbonyl (C=O) groups excluding carboxylic acids is 2. The van der Waals surface area contributed by atoms with Crippen molar-refractivity contribution in [2.45, 2.75) is 6.04 Å². The van der Waals surface area contributed by atoms with Crippen molar-refractivity contribution in [3.8, 4) is 0 Å². The zero-order valence-electron chi connectivity index (χ0n) is 11.6. The van der Waals surface area contributed by atoms with Gasteiger partial charge in [0.15, 0.2) is 0 Å². The van der Waals surface area contributed by atoms with Gasteiger partial charge in [-0.25, -0.2) is 13.2 Å². The SMILES string of the molecule is CS(=O)(=O)C[C@@H](CN1C(=O)c2ccccc2C1=O)NC(=O)O. The van der Waals surface area contributed by atoms with Gasteiger partial charge in [-0.3, -0.25) is 14.5 Å². The molecular weight excluding hydrogens is 312 g/mol. The average molecular weight is 326 g/mol. The van der Waals surface area contributed by atoms with Crippen LogP contribution in [0.4, 0.5) is 4.79 Å². The number of imide groups is 1. The molecule has 8 nitrogen and oxygen atoms in total. The first-order valence-electron chi connectivity index (χ1n) is 6.31. The molecule has 22 heavy (non-hydrogen) atoms. The molecule has 3 amide bonds. The quantitative estimate of drug-likeness (QED) is 0.733. The lowest BCUT2D eigenvalue weighted by Gasteiger charge is -2.21. The molecule has 2 N–H and O–H groups in total. The van der Waals surface area contributed by atoms with Crippen LogP contribution in [0.15, 0.2) is 24.3 Å². The predicted octanol–water partition coefficient (Wildman–Crippen LogP) is -0.0366. The molecule has 1 aromatic rings. The Balaban J connectivity index is 2.22. The molecule has 1 aromatic carbocycles. The number of nitrogens with one attached hydrogen (secondary N) is 1. The summed E-state index contributed by atoms with van der Waals surface area (Å²) in [6.45, 7) is -0.342. The molecule has 1 atom stereocenters. The van der Waals surface area contributed by atoms with Crippen LogP contribution in [0, 0.1) is 0 Å². The van der Waals surface area contributed by atoms with Crippen molar-refractivity contribution in [2.24, 2.45) is 0 Å². The first kappa shape index (κ1) is 16.0. The molecule has 118 valence electrons. The summed E-state index contributed by atoms with van der Waals surface area (Å²) in [6.07, 6.45) is -0.475. The number of sulfone groups is 1. The maximum absolute atomic E-state index is 12.2. The third-order valence-corrected chi connectivity index (χ3v) is 4.12. The number of hydrogen-bond donors (Lipinski definition) is 2. The fraction of sp³-hybridized carbons (Fsp3) is 0.308. The van der Waals surface area contributed by atoms with Crippen LogP contribution < -0.4 is 5.32 Å². The highest BCUT2D eigenvalue weighted by Gasteiger charge is 2.37. The average Bonchev–Trinajstić information content (AvgIpc) is 2.62. The van der Waals surface area contributed by atoms with Crippen molar-refractivity contribution >= 4 is 27.7 Å². The second kappa shape index (κ2) is 5.76. The summed E-state index contributed by atoms with van der Waals surface area (Å²) in [6, 6.07) is 5.11. The lowest BCUT2D eigenvalue weighted by Crippen LogP contribution is -2.48. The van der Waals surface area contributed by atoms with E-state index in [-0.39, 0.29) is 17.7 Å². The van der Waals surface area contributed by atoms with E-state index in [1.54, 1.807) is 12.1 Å². The minimum atomic E-state index is -3.49. The molecular formula is C13H14N2O6S. The molecule has 2 rings (SSSR count). The van der Waals surface area contributed by atoms with Gasteiger partial charge in [-0.1, -0.05) is 12.1 Å². The number of fused-ring (bicyclic) bond motifs is 1. The van der Waals surface area contributed by atoms with Crippen LogP contribution in [-0.2, 0) is 9.84 Å². The Bertz CT molecular complexity index is 708. The van der Waals surface area contributed by atoms with Gasteiger partial charge in [-0.2, -0.15) is 0 Å². The highest BCUT2D eigenvalue weighted by molar-refractivity contribution is 7.90. The summed E-state index contributed by atoms with van der Waals surface area (Å²) in [5.41, 5.74) is 0.446. The van der Waals surface area contributed by atoms with Crippen LogP contribution in [0.25, 0.3) is 0 Å². The van der Waals surface area contributed by atoms with E-state index >= 15 is 0 Å². The van der Waals surface area contributed by atoms with Crippen molar-refractivity contribution in [1.29, 1.82) is 0 Å². The Kier molecular flexibility index (Phi) is 4.18. The van der Waals surface area contributed by atoms with Crippen LogP contribution in [-0.4, -0.2) is 60.9 Å². The molecule has 0 aromatic heterocycles. The highest BCUT2D eigenvalue weighted by atomic mass is 32.2. The maximum atomic E-state index is 12.2. The van der Waals surface area contributed by atoms with E-state index in [9.17, 15) is 22.8 Å². The van der Waals surface area contributed by atoms with Crippen LogP contribution in [0.2, 0.25) is 0 Å². The van der Waals surface area contributed by atoms with Crippen molar-refractivity contribution in [3.63, 3.8) is 0 Å². The summed E-state index contributed by atoms with van der Waals surface area (Å²) >= 11 is 0. The Labute approximate surface area is 126 Å². The molecule has 0 aliphatic carbocycles. The van der Waals surface area contributed by atoms with Gasteiger partial charge in [-0.05, 0) is 12.1 Å². The summed E-state index contributed by atoms with van der Waals surface area (Å²) in [5, 5.41) is 10.8. The first-order valence-corrected chi connectivity index (χ1v) is 8.37. The van der Waals surface area contributed by atoms with Crippen LogP contribution in [0.1, 0.15) is 20.7 Å². The van der Waals surface area contributed by atoms with Gasteiger partial charge in [0.25, 0.3) is 11.8 Å². The van der Waals surface area contributed by atoms with E-state index in [0.717, 1.165) is 11.2 Å². The second-order valence-corrected chi connectivity index (χ2v) is 7.19. The highest BCUT2D eigenvalue weighted by Crippen LogP contribution is 2.22. The summed E-state index contributed by atoms with van der Waals surface area (Å²) in [4.78, 5) is 36.0. The predicted molar refractivity (Wildman–Crippen MR) is 76.5 cm³/mol. The van der Waals surface area contributed by atoms with E-state index in [1.165, 1.54) is 12.1 Å². The van der Waals surface area contributed by atoms with Crippen LogP contribution in [0.3, 0.4) is 0 Å². The number of amides is 3. The smallest absolute Gasteiger partial charge is 0.404 e. The van der Waals surface area contributed by atoms with E-state index < -0.39 is 39.5 Å². The van der Waals surface area contributed by atoms with Gasteiger partial charge in [-0.15, -0.1) is 0 Å². The number of carboxylic acid groups (broad SMARTS) is 1. The third-order valence-electron chi connectivity index (χ3n) is 3.11. The van der Waals surface area contributed by atoms with Crippen molar-refractivity contribution in [1.82, 2.24) is 10.2 Å². The summed E-state index contributed by atoms with van der Waals surface area (Å²) < 4.78 is 22.7. The Morgan fingerprint density at radius 3 is 2.14 bits per heavy atom. The number of nitrogens with zero attached hydrogens (tertiary/aromatic N) is 1. The third kappa shape index (κ3) is 3.42. The molecule has 0 unspecified atom stereocenters. The monoisotopic (exact) mass is 326 g/mol. The van der Waals surface area contributed by atoms with Gasteiger partial charge in [0.05, 0.1) is 29.5 Å². The molecule has 0 spiro atoms. The number of carbonyl (C=O) groups is 3. The molecule has 0 saturated heterocycles. The Morgan fingerprint density at radius 1 is 1.23 bits per heavy atom. The summed E-state index contributed by atoms with van der Waals surface area (Å²) in [7, 11) is -3.49. The van der Waals surface area contributed by atoms with Crippen molar-refractivity contribution < 1.29 is 27.9 Å². The molecule has 0 saturated carbocycles. The van der Waals surface area contributed by atoms with E-state index in [0.29, 0.717) is 0 Å². The number of rotatable bonds is 5. The lowest BCUT2D eigenvalue weighted by atomic mass is 10.1. The largest absolute Gasteiger partial charge is 0.465 e. The van der Waals surface area contributed by atoms with E-state index in [4.69, 9.17) is 5.11 Å². The van der Waals surface area contributed by atoms with E-state index in [1.807, 2.05) is 5.32 Å². The number of hydrogen-bond acceptors (Lipinski definition) is 5. The zero-order chi connectivity index (χ0) is 16.5. The molecule has 0 fully saturated rings. The topological polar surface area (TPSA) is 121 Å². The van der Waals surface area contributed by atoms with Crippen LogP contribution in [0.5, 0.6) is 0 Å². The Hall–Kier alpha value is -2.42. The van der Waals surface area contributed by atoms with E-state index in [2.05, 4.69) is 0 Å². The summed E-state index contributed by atoms with van der Waals surface area (Å²) in [5.74, 6) is -1.63. The molecule has 9 heteroatoms. The second-order valence-electron chi connectivity index (χ2n) is 5.01. The van der Waals surface area contributed by atoms with Crippen LogP contribution >= 0.6 is 0 Å². The van der Waals surface area contributed by atoms with Gasteiger partial charge in [0, 0.05) is 6.26 Å². The normalized spacial score (nSPS) is 15.6. The Morgan fingerprint density at radius 2 is 1.73 bits per heavy atom. The molecule has 1 aliphatic rings. The fourth-order valence-electron chi connectivity index (χ4n) is 2.31. The molecule has 0 bridgehead atoms. The molecule has 1 heterocycles. The molecule has 0 radical (unpaired) electrons. The standard InChI is InChI=1S/C13H14N2O6S/c1-22(20,21)7-8(14-13(18)19)6-15-11(16)9-4-2-3-5-10(9)12(15)17/h2-5,8,14H,6-7H2,1H3,(H,18,19)/t8-/m1/s1. The van der Waals surface area contributed by atoms with Gasteiger partial charge in [0.1, 0.15) is 9.84 Å². The van der Waals surface area contributed by atoms with Crippen molar-refractivity contribution in [2.75, 3.05) is 18.6 Å². The van der Waals surface area contributed by atoms with Gasteiger partial charge in [0.2, 0.25) is 0 Å². The minimum absolute atomic E-state index is 0.223. The van der Waals surface area contributed by atoms with Gasteiger partial charge >= 0.3 is 6.09 Å². The molecule has 1 aliphatic heterocycles. The zero-order valence-corrected chi connectivity index (χ0v) is 12.5.